The second-order valence-corrected chi connectivity index (χ2v) is 5.99. The van der Waals surface area contributed by atoms with Crippen molar-refractivity contribution in [3.8, 4) is 5.88 Å². The third-order valence-corrected chi connectivity index (χ3v) is 4.15. The highest BCUT2D eigenvalue weighted by atomic mass is 32.1. The SMILES string of the molecule is C[C@H](NC(=O)c1cnc(OCC2CC2)cn1)c1nccs1. The van der Waals surface area contributed by atoms with Gasteiger partial charge in [-0.2, -0.15) is 0 Å². The fourth-order valence-corrected chi connectivity index (χ4v) is 2.42. The molecule has 1 saturated carbocycles. The summed E-state index contributed by atoms with van der Waals surface area (Å²) in [7, 11) is 0. The number of amides is 1. The summed E-state index contributed by atoms with van der Waals surface area (Å²) in [6.45, 7) is 2.57. The van der Waals surface area contributed by atoms with Gasteiger partial charge in [-0.25, -0.2) is 15.0 Å². The summed E-state index contributed by atoms with van der Waals surface area (Å²) in [6.07, 6.45) is 7.09. The summed E-state index contributed by atoms with van der Waals surface area (Å²) in [5.74, 6) is 0.860. The van der Waals surface area contributed by atoms with Crippen molar-refractivity contribution >= 4 is 17.2 Å². The Kier molecular flexibility index (Phi) is 4.10. The van der Waals surface area contributed by atoms with Gasteiger partial charge in [-0.15, -0.1) is 11.3 Å². The number of carbonyl (C=O) groups excluding carboxylic acids is 1. The lowest BCUT2D eigenvalue weighted by atomic mass is 10.3. The lowest BCUT2D eigenvalue weighted by Gasteiger charge is -2.10. The zero-order chi connectivity index (χ0) is 14.7. The molecule has 110 valence electrons. The third-order valence-electron chi connectivity index (χ3n) is 3.19. The maximum atomic E-state index is 12.1. The average molecular weight is 304 g/mol. The zero-order valence-corrected chi connectivity index (χ0v) is 12.5. The molecule has 1 aliphatic carbocycles. The van der Waals surface area contributed by atoms with Gasteiger partial charge in [-0.3, -0.25) is 4.79 Å². The molecule has 2 aromatic heterocycles. The molecular formula is C14H16N4O2S. The molecule has 1 amide bonds. The largest absolute Gasteiger partial charge is 0.476 e. The smallest absolute Gasteiger partial charge is 0.272 e. The summed E-state index contributed by atoms with van der Waals surface area (Å²) >= 11 is 1.50. The minimum absolute atomic E-state index is 0.148. The number of nitrogens with one attached hydrogen (secondary N) is 1. The van der Waals surface area contributed by atoms with E-state index < -0.39 is 0 Å². The number of hydrogen-bond acceptors (Lipinski definition) is 6. The standard InChI is InChI=1S/C14H16N4O2S/c1-9(14-15-4-5-21-14)18-13(19)11-6-17-12(7-16-11)20-8-10-2-3-10/h4-7,9-10H,2-3,8H2,1H3,(H,18,19)/t9-/m0/s1. The maximum absolute atomic E-state index is 12.1. The molecule has 2 heterocycles. The van der Waals surface area contributed by atoms with Crippen LogP contribution >= 0.6 is 11.3 Å². The van der Waals surface area contributed by atoms with Crippen LogP contribution in [-0.2, 0) is 0 Å². The Bertz CT molecular complexity index is 596. The van der Waals surface area contributed by atoms with Crippen molar-refractivity contribution in [1.82, 2.24) is 20.3 Å². The van der Waals surface area contributed by atoms with Gasteiger partial charge in [0.25, 0.3) is 5.91 Å². The van der Waals surface area contributed by atoms with Crippen molar-refractivity contribution in [3.05, 3.63) is 34.7 Å². The molecule has 7 heteroatoms. The van der Waals surface area contributed by atoms with E-state index in [4.69, 9.17) is 4.74 Å². The van der Waals surface area contributed by atoms with Crippen LogP contribution in [0.1, 0.15) is 41.3 Å². The van der Waals surface area contributed by atoms with Crippen molar-refractivity contribution < 1.29 is 9.53 Å². The van der Waals surface area contributed by atoms with Crippen molar-refractivity contribution in [3.63, 3.8) is 0 Å². The number of aromatic nitrogens is 3. The quantitative estimate of drug-likeness (QED) is 0.885. The van der Waals surface area contributed by atoms with E-state index >= 15 is 0 Å². The molecule has 21 heavy (non-hydrogen) atoms. The summed E-state index contributed by atoms with van der Waals surface area (Å²) in [6, 6.07) is -0.148. The molecule has 0 saturated heterocycles. The lowest BCUT2D eigenvalue weighted by molar-refractivity contribution is 0.0934. The Morgan fingerprint density at radius 2 is 2.29 bits per heavy atom. The van der Waals surface area contributed by atoms with Gasteiger partial charge in [0, 0.05) is 11.6 Å². The van der Waals surface area contributed by atoms with Gasteiger partial charge in [0.2, 0.25) is 5.88 Å². The van der Waals surface area contributed by atoms with Gasteiger partial charge in [0.1, 0.15) is 10.7 Å². The maximum Gasteiger partial charge on any atom is 0.272 e. The van der Waals surface area contributed by atoms with Crippen LogP contribution in [0, 0.1) is 5.92 Å². The minimum Gasteiger partial charge on any atom is -0.476 e. The first-order valence-corrected chi connectivity index (χ1v) is 7.75. The molecule has 0 spiro atoms. The molecule has 6 nitrogen and oxygen atoms in total. The van der Waals surface area contributed by atoms with E-state index in [9.17, 15) is 4.79 Å². The van der Waals surface area contributed by atoms with Crippen LogP contribution in [0.25, 0.3) is 0 Å². The molecule has 0 aliphatic heterocycles. The first kappa shape index (κ1) is 13.9. The molecule has 0 radical (unpaired) electrons. The fraction of sp³-hybridized carbons (Fsp3) is 0.429. The fourth-order valence-electron chi connectivity index (χ4n) is 1.78. The monoisotopic (exact) mass is 304 g/mol. The summed E-state index contributed by atoms with van der Waals surface area (Å²) in [5.41, 5.74) is 0.275. The van der Waals surface area contributed by atoms with E-state index in [1.807, 2.05) is 12.3 Å². The Morgan fingerprint density at radius 3 is 2.90 bits per heavy atom. The topological polar surface area (TPSA) is 77.0 Å². The summed E-state index contributed by atoms with van der Waals surface area (Å²) in [5, 5.41) is 5.58. The molecule has 1 aliphatic rings. The normalized spacial score (nSPS) is 15.5. The molecule has 1 N–H and O–H groups in total. The molecule has 2 aromatic rings. The molecule has 0 bridgehead atoms. The number of carbonyl (C=O) groups is 1. The minimum atomic E-state index is -0.265. The molecule has 0 unspecified atom stereocenters. The number of hydrogen-bond donors (Lipinski definition) is 1. The van der Waals surface area contributed by atoms with Gasteiger partial charge in [-0.05, 0) is 25.7 Å². The third kappa shape index (κ3) is 3.75. The highest BCUT2D eigenvalue weighted by Gasteiger charge is 2.22. The van der Waals surface area contributed by atoms with Crippen molar-refractivity contribution in [2.24, 2.45) is 5.92 Å². The van der Waals surface area contributed by atoms with Crippen molar-refractivity contribution in [2.75, 3.05) is 6.61 Å². The van der Waals surface area contributed by atoms with Gasteiger partial charge >= 0.3 is 0 Å². The van der Waals surface area contributed by atoms with Crippen LogP contribution in [0.2, 0.25) is 0 Å². The van der Waals surface area contributed by atoms with Crippen LogP contribution < -0.4 is 10.1 Å². The Balaban J connectivity index is 1.56. The first-order chi connectivity index (χ1) is 10.2. The second-order valence-electron chi connectivity index (χ2n) is 5.06. The highest BCUT2D eigenvalue weighted by Crippen LogP contribution is 2.29. The number of nitrogens with zero attached hydrogens (tertiary/aromatic N) is 3. The van der Waals surface area contributed by atoms with Gasteiger partial charge in [0.05, 0.1) is 25.0 Å². The zero-order valence-electron chi connectivity index (χ0n) is 11.7. The second kappa shape index (κ2) is 6.17. The Morgan fingerprint density at radius 1 is 1.43 bits per heavy atom. The van der Waals surface area contributed by atoms with E-state index in [0.717, 1.165) is 5.01 Å². The van der Waals surface area contributed by atoms with E-state index in [2.05, 4.69) is 20.3 Å². The van der Waals surface area contributed by atoms with Crippen LogP contribution in [0.3, 0.4) is 0 Å². The Hall–Kier alpha value is -2.02. The summed E-state index contributed by atoms with van der Waals surface area (Å²) < 4.78 is 5.49. The first-order valence-electron chi connectivity index (χ1n) is 6.87. The predicted molar refractivity (Wildman–Crippen MR) is 78.2 cm³/mol. The van der Waals surface area contributed by atoms with Crippen molar-refractivity contribution in [2.45, 2.75) is 25.8 Å². The molecule has 0 aromatic carbocycles. The number of rotatable bonds is 6. The van der Waals surface area contributed by atoms with Gasteiger partial charge in [0.15, 0.2) is 0 Å². The van der Waals surface area contributed by atoms with Crippen molar-refractivity contribution in [1.29, 1.82) is 0 Å². The lowest BCUT2D eigenvalue weighted by Crippen LogP contribution is -2.27. The van der Waals surface area contributed by atoms with Crippen LogP contribution in [0.4, 0.5) is 0 Å². The highest BCUT2D eigenvalue weighted by molar-refractivity contribution is 7.09. The summed E-state index contributed by atoms with van der Waals surface area (Å²) in [4.78, 5) is 24.4. The number of thiazole rings is 1. The van der Waals surface area contributed by atoms with Crippen LogP contribution in [0.15, 0.2) is 24.0 Å². The molecular weight excluding hydrogens is 288 g/mol. The number of ether oxygens (including phenoxy) is 1. The molecule has 3 rings (SSSR count). The van der Waals surface area contributed by atoms with E-state index in [-0.39, 0.29) is 17.6 Å². The molecule has 1 atom stereocenters. The molecule has 1 fully saturated rings. The average Bonchev–Trinajstić information content (AvgIpc) is 3.16. The van der Waals surface area contributed by atoms with Gasteiger partial charge in [-0.1, -0.05) is 0 Å². The van der Waals surface area contributed by atoms with E-state index in [1.165, 1.54) is 36.6 Å². The van der Waals surface area contributed by atoms with Gasteiger partial charge < -0.3 is 10.1 Å². The van der Waals surface area contributed by atoms with Crippen LogP contribution in [-0.4, -0.2) is 27.5 Å². The predicted octanol–water partition coefficient (Wildman–Crippen LogP) is 2.21. The van der Waals surface area contributed by atoms with E-state index in [0.29, 0.717) is 18.4 Å². The Labute approximate surface area is 126 Å². The van der Waals surface area contributed by atoms with Crippen LogP contribution in [0.5, 0.6) is 5.88 Å². The van der Waals surface area contributed by atoms with E-state index in [1.54, 1.807) is 6.20 Å².